The van der Waals surface area contributed by atoms with Crippen molar-refractivity contribution in [2.24, 2.45) is 0 Å². The fourth-order valence-electron chi connectivity index (χ4n) is 2.76. The lowest BCUT2D eigenvalue weighted by Gasteiger charge is -2.32. The predicted molar refractivity (Wildman–Crippen MR) is 102 cm³/mol. The molecule has 1 aliphatic heterocycles. The van der Waals surface area contributed by atoms with Gasteiger partial charge in [-0.1, -0.05) is 0 Å². The fraction of sp³-hybridized carbons (Fsp3) is 0.421. The number of aryl methyl sites for hydroxylation is 1. The number of carbonyl (C=O) groups excluding carboxylic acids is 1. The third-order valence-electron chi connectivity index (χ3n) is 5.22. The molecule has 1 saturated heterocycles. The van der Waals surface area contributed by atoms with E-state index in [0.29, 0.717) is 11.0 Å². The van der Waals surface area contributed by atoms with Gasteiger partial charge in [0.15, 0.2) is 0 Å². The topological polar surface area (TPSA) is 73.3 Å². The predicted octanol–water partition coefficient (Wildman–Crippen LogP) is 3.36. The van der Waals surface area contributed by atoms with Crippen LogP contribution in [0.1, 0.15) is 49.3 Å². The van der Waals surface area contributed by atoms with Crippen molar-refractivity contribution >= 4 is 24.3 Å². The first kappa shape index (κ1) is 21.3. The maximum Gasteiger partial charge on any atom is 0.496 e. The molecule has 3 heterocycles. The van der Waals surface area contributed by atoms with Gasteiger partial charge in [-0.2, -0.15) is 13.2 Å². The molecule has 2 aromatic rings. The number of hydrogen-bond donors (Lipinski definition) is 1. The Bertz CT molecular complexity index is 932. The molecule has 0 radical (unpaired) electrons. The number of pyridine rings is 2. The van der Waals surface area contributed by atoms with Crippen molar-refractivity contribution < 1.29 is 27.3 Å². The smallest absolute Gasteiger partial charge is 0.399 e. The van der Waals surface area contributed by atoms with Crippen LogP contribution in [0.2, 0.25) is 0 Å². The van der Waals surface area contributed by atoms with Crippen LogP contribution in [0.4, 0.5) is 19.0 Å². The molecule has 0 unspecified atom stereocenters. The van der Waals surface area contributed by atoms with E-state index in [1.807, 2.05) is 27.7 Å². The Hall–Kier alpha value is -2.46. The van der Waals surface area contributed by atoms with E-state index < -0.39 is 36.0 Å². The minimum atomic E-state index is -4.53. The van der Waals surface area contributed by atoms with E-state index in [0.717, 1.165) is 18.3 Å². The molecule has 0 bridgehead atoms. The summed E-state index contributed by atoms with van der Waals surface area (Å²) in [5.74, 6) is -0.875. The minimum Gasteiger partial charge on any atom is -0.399 e. The summed E-state index contributed by atoms with van der Waals surface area (Å²) in [5, 5.41) is 2.34. The Morgan fingerprint density at radius 1 is 1.10 bits per heavy atom. The Morgan fingerprint density at radius 2 is 1.72 bits per heavy atom. The second-order valence-electron chi connectivity index (χ2n) is 7.90. The number of carbonyl (C=O) groups is 1. The molecule has 0 aromatic carbocycles. The van der Waals surface area contributed by atoms with Gasteiger partial charge in [-0.05, 0) is 58.4 Å². The number of alkyl halides is 3. The molecule has 154 valence electrons. The standard InChI is InChI=1S/C19H21BF3N3O3/c1-11-8-14(16(27)26-15-9-12(6-7-24-15)19(21,22)23)25-10-13(11)20-28-17(2,3)18(4,5)29-20/h6-10H,1-5H3,(H,24,26,27). The summed E-state index contributed by atoms with van der Waals surface area (Å²) in [4.78, 5) is 20.3. The van der Waals surface area contributed by atoms with E-state index in [1.165, 1.54) is 12.3 Å². The molecule has 0 spiro atoms. The maximum absolute atomic E-state index is 12.8. The Labute approximate surface area is 167 Å². The highest BCUT2D eigenvalue weighted by molar-refractivity contribution is 6.62. The SMILES string of the molecule is Cc1cc(C(=O)Nc2cc(C(F)(F)F)ccn2)ncc1B1OC(C)(C)C(C)(C)O1. The molecule has 0 aliphatic carbocycles. The molecule has 6 nitrogen and oxygen atoms in total. The summed E-state index contributed by atoms with van der Waals surface area (Å²) in [6.07, 6.45) is -2.06. The van der Waals surface area contributed by atoms with Gasteiger partial charge in [0.2, 0.25) is 0 Å². The van der Waals surface area contributed by atoms with Gasteiger partial charge in [-0.25, -0.2) is 4.98 Å². The van der Waals surface area contributed by atoms with Gasteiger partial charge >= 0.3 is 13.3 Å². The van der Waals surface area contributed by atoms with Crippen LogP contribution in [0.25, 0.3) is 0 Å². The van der Waals surface area contributed by atoms with Gasteiger partial charge in [0.05, 0.1) is 16.8 Å². The van der Waals surface area contributed by atoms with Gasteiger partial charge < -0.3 is 14.6 Å². The lowest BCUT2D eigenvalue weighted by atomic mass is 9.77. The normalized spacial score (nSPS) is 18.0. The summed E-state index contributed by atoms with van der Waals surface area (Å²) < 4.78 is 50.4. The molecule has 1 fully saturated rings. The average Bonchev–Trinajstić information content (AvgIpc) is 2.81. The molecule has 29 heavy (non-hydrogen) atoms. The van der Waals surface area contributed by atoms with Crippen LogP contribution >= 0.6 is 0 Å². The van der Waals surface area contributed by atoms with Crippen molar-refractivity contribution in [3.8, 4) is 0 Å². The molecule has 10 heteroatoms. The van der Waals surface area contributed by atoms with Crippen LogP contribution in [0, 0.1) is 6.92 Å². The van der Waals surface area contributed by atoms with Gasteiger partial charge in [-0.3, -0.25) is 9.78 Å². The van der Waals surface area contributed by atoms with Crippen molar-refractivity contribution in [2.75, 3.05) is 5.32 Å². The molecule has 1 amide bonds. The second-order valence-corrected chi connectivity index (χ2v) is 7.90. The number of nitrogens with zero attached hydrogens (tertiary/aromatic N) is 2. The zero-order valence-electron chi connectivity index (χ0n) is 16.7. The molecule has 3 rings (SSSR count). The van der Waals surface area contributed by atoms with Gasteiger partial charge in [0, 0.05) is 17.9 Å². The quantitative estimate of drug-likeness (QED) is 0.791. The molecule has 1 aliphatic rings. The van der Waals surface area contributed by atoms with E-state index in [9.17, 15) is 18.0 Å². The Morgan fingerprint density at radius 3 is 2.28 bits per heavy atom. The van der Waals surface area contributed by atoms with Crippen LogP contribution in [0.15, 0.2) is 30.6 Å². The molecule has 0 saturated carbocycles. The van der Waals surface area contributed by atoms with Crippen LogP contribution in [-0.4, -0.2) is 34.2 Å². The molecule has 0 atom stereocenters. The molecular weight excluding hydrogens is 386 g/mol. The lowest BCUT2D eigenvalue weighted by molar-refractivity contribution is -0.137. The van der Waals surface area contributed by atoms with E-state index in [-0.39, 0.29) is 11.5 Å². The van der Waals surface area contributed by atoms with Crippen molar-refractivity contribution in [3.05, 3.63) is 47.4 Å². The number of nitrogens with one attached hydrogen (secondary N) is 1. The van der Waals surface area contributed by atoms with Crippen molar-refractivity contribution in [2.45, 2.75) is 52.0 Å². The summed E-state index contributed by atoms with van der Waals surface area (Å²) in [6, 6.07) is 3.13. The summed E-state index contributed by atoms with van der Waals surface area (Å²) >= 11 is 0. The first-order valence-electron chi connectivity index (χ1n) is 8.97. The van der Waals surface area contributed by atoms with E-state index >= 15 is 0 Å². The summed E-state index contributed by atoms with van der Waals surface area (Å²) in [6.45, 7) is 9.50. The Balaban J connectivity index is 1.78. The van der Waals surface area contributed by atoms with E-state index in [2.05, 4.69) is 15.3 Å². The highest BCUT2D eigenvalue weighted by atomic mass is 19.4. The van der Waals surface area contributed by atoms with Crippen molar-refractivity contribution in [3.63, 3.8) is 0 Å². The number of aromatic nitrogens is 2. The third-order valence-corrected chi connectivity index (χ3v) is 5.22. The molecule has 1 N–H and O–H groups in total. The zero-order valence-corrected chi connectivity index (χ0v) is 16.7. The number of anilines is 1. The highest BCUT2D eigenvalue weighted by Gasteiger charge is 2.52. The van der Waals surface area contributed by atoms with Crippen LogP contribution in [-0.2, 0) is 15.5 Å². The Kier molecular flexibility index (Phi) is 5.21. The van der Waals surface area contributed by atoms with Gasteiger partial charge in [0.25, 0.3) is 5.91 Å². The first-order chi connectivity index (χ1) is 13.3. The van der Waals surface area contributed by atoms with Crippen molar-refractivity contribution in [1.82, 2.24) is 9.97 Å². The number of hydrogen-bond acceptors (Lipinski definition) is 5. The number of halogens is 3. The molecular formula is C19H21BF3N3O3. The first-order valence-corrected chi connectivity index (χ1v) is 8.97. The lowest BCUT2D eigenvalue weighted by Crippen LogP contribution is -2.41. The van der Waals surface area contributed by atoms with Crippen molar-refractivity contribution in [1.29, 1.82) is 0 Å². The average molecular weight is 407 g/mol. The van der Waals surface area contributed by atoms with Crippen LogP contribution < -0.4 is 10.8 Å². The minimum absolute atomic E-state index is 0.0435. The summed E-state index contributed by atoms with van der Waals surface area (Å²) in [7, 11) is -0.630. The zero-order chi connectivity index (χ0) is 21.6. The third kappa shape index (κ3) is 4.28. The number of amides is 1. The van der Waals surface area contributed by atoms with Crippen LogP contribution in [0.5, 0.6) is 0 Å². The summed E-state index contributed by atoms with van der Waals surface area (Å²) in [5.41, 5.74) is -0.506. The number of rotatable bonds is 3. The fourth-order valence-corrected chi connectivity index (χ4v) is 2.76. The van der Waals surface area contributed by atoms with Crippen LogP contribution in [0.3, 0.4) is 0 Å². The monoisotopic (exact) mass is 407 g/mol. The van der Waals surface area contributed by atoms with E-state index in [1.54, 1.807) is 6.92 Å². The second kappa shape index (κ2) is 7.10. The largest absolute Gasteiger partial charge is 0.496 e. The highest BCUT2D eigenvalue weighted by Crippen LogP contribution is 2.36. The van der Waals surface area contributed by atoms with Gasteiger partial charge in [0.1, 0.15) is 11.5 Å². The van der Waals surface area contributed by atoms with Gasteiger partial charge in [-0.15, -0.1) is 0 Å². The maximum atomic E-state index is 12.8. The van der Waals surface area contributed by atoms with E-state index in [4.69, 9.17) is 9.31 Å². The molecule has 2 aromatic heterocycles.